The predicted molar refractivity (Wildman–Crippen MR) is 150 cm³/mol. The molecule has 0 aromatic heterocycles. The summed E-state index contributed by atoms with van der Waals surface area (Å²) in [6, 6.07) is 0. The van der Waals surface area contributed by atoms with E-state index in [0.29, 0.717) is 0 Å². The summed E-state index contributed by atoms with van der Waals surface area (Å²) < 4.78 is 0. The minimum Gasteiger partial charge on any atom is -0.325 e. The fourth-order valence-electron chi connectivity index (χ4n) is 4.68. The zero-order valence-corrected chi connectivity index (χ0v) is 23.8. The molecule has 0 amide bonds. The molecule has 0 heterocycles. The third-order valence-corrected chi connectivity index (χ3v) is 6.83. The second-order valence-electron chi connectivity index (χ2n) is 9.98. The Morgan fingerprint density at radius 1 is 0.367 bits per heavy atom. The van der Waals surface area contributed by atoms with Gasteiger partial charge in [-0.1, -0.05) is 156 Å². The molecule has 0 atom stereocenters. The number of unbranched alkanes of at least 4 members (excludes halogenated alkanes) is 18. The van der Waals surface area contributed by atoms with Crippen molar-refractivity contribution in [2.75, 3.05) is 0 Å². The third kappa shape index (κ3) is 23.4. The van der Waals surface area contributed by atoms with E-state index in [1.54, 1.807) is 0 Å². The van der Waals surface area contributed by atoms with Gasteiger partial charge >= 0.3 is 0 Å². The van der Waals surface area contributed by atoms with Crippen molar-refractivity contribution in [2.45, 2.75) is 180 Å². The normalized spacial score (nSPS) is 11.6. The quantitative estimate of drug-likeness (QED) is 0.0962. The van der Waals surface area contributed by atoms with E-state index in [-0.39, 0.29) is 29.5 Å². The molecule has 0 aromatic rings. The van der Waals surface area contributed by atoms with Gasteiger partial charge in [0.25, 0.3) is 0 Å². The van der Waals surface area contributed by atoms with E-state index >= 15 is 0 Å². The average Bonchev–Trinajstić information content (AvgIpc) is 2.72. The summed E-state index contributed by atoms with van der Waals surface area (Å²) in [5, 5.41) is 0. The Balaban J connectivity index is 0. The van der Waals surface area contributed by atoms with Gasteiger partial charge < -0.3 is 5.73 Å². The molecule has 0 fully saturated rings. The number of halogens is 1. The zero-order valence-electron chi connectivity index (χ0n) is 21.5. The summed E-state index contributed by atoms with van der Waals surface area (Å²) in [7, 11) is 0. The van der Waals surface area contributed by atoms with E-state index in [1.807, 2.05) is 0 Å². The molecule has 0 unspecified atom stereocenters. The minimum atomic E-state index is 0. The third-order valence-electron chi connectivity index (χ3n) is 6.83. The second kappa shape index (κ2) is 25.9. The molecular weight excluding hydrogens is 477 g/mol. The van der Waals surface area contributed by atoms with E-state index in [2.05, 4.69) is 20.8 Å². The molecule has 0 radical (unpaired) electrons. The lowest BCUT2D eigenvalue weighted by Gasteiger charge is -2.30. The van der Waals surface area contributed by atoms with Gasteiger partial charge in [0.2, 0.25) is 0 Å². The summed E-state index contributed by atoms with van der Waals surface area (Å²) >= 11 is 0. The Hall–Kier alpha value is 0.690. The van der Waals surface area contributed by atoms with Crippen molar-refractivity contribution in [1.29, 1.82) is 0 Å². The van der Waals surface area contributed by atoms with Gasteiger partial charge in [-0.05, 0) is 19.3 Å². The maximum atomic E-state index is 6.99. The summed E-state index contributed by atoms with van der Waals surface area (Å²) in [4.78, 5) is 0. The molecule has 2 N–H and O–H groups in total. The second-order valence-corrected chi connectivity index (χ2v) is 9.98. The topological polar surface area (TPSA) is 26.0 Å². The first-order chi connectivity index (χ1) is 14.2. The molecule has 0 aromatic carbocycles. The van der Waals surface area contributed by atoms with Crippen LogP contribution in [-0.4, -0.2) is 5.54 Å². The smallest absolute Gasteiger partial charge is 0.0154 e. The average molecular weight is 538 g/mol. The Morgan fingerprint density at radius 3 is 0.800 bits per heavy atom. The molecule has 0 bridgehead atoms. The lowest BCUT2D eigenvalue weighted by molar-refractivity contribution is 0.302. The summed E-state index contributed by atoms with van der Waals surface area (Å²) in [5.41, 5.74) is 7.12. The van der Waals surface area contributed by atoms with Crippen molar-refractivity contribution in [3.63, 3.8) is 0 Å². The van der Waals surface area contributed by atoms with Crippen molar-refractivity contribution in [2.24, 2.45) is 5.73 Å². The standard InChI is InChI=1S/C28H59N.HI/c1-4-7-10-13-16-19-22-25-28(29,26-23-20-17-14-11-8-5-2)27-24-21-18-15-12-9-6-3;/h4-27,29H2,1-3H3;1H. The first-order valence-corrected chi connectivity index (χ1v) is 14.0. The first kappa shape index (κ1) is 32.9. The van der Waals surface area contributed by atoms with Crippen LogP contribution in [0.1, 0.15) is 175 Å². The highest BCUT2D eigenvalue weighted by Crippen LogP contribution is 2.27. The highest BCUT2D eigenvalue weighted by atomic mass is 127. The van der Waals surface area contributed by atoms with Crippen LogP contribution in [0, 0.1) is 0 Å². The Kier molecular flexibility index (Phi) is 28.4. The molecular formula is C28H60IN. The molecule has 0 aliphatic heterocycles. The van der Waals surface area contributed by atoms with Crippen LogP contribution in [0.15, 0.2) is 0 Å². The molecule has 0 spiro atoms. The summed E-state index contributed by atoms with van der Waals surface area (Å²) in [6.07, 6.45) is 33.2. The SMILES string of the molecule is CCCCCCCCCC(N)(CCCCCCCCC)CCCCCCCCC.I. The molecule has 2 heteroatoms. The van der Waals surface area contributed by atoms with E-state index in [4.69, 9.17) is 5.73 Å². The van der Waals surface area contributed by atoms with Crippen molar-refractivity contribution >= 4 is 24.0 Å². The summed E-state index contributed by atoms with van der Waals surface area (Å²) in [6.45, 7) is 6.91. The Morgan fingerprint density at radius 2 is 0.567 bits per heavy atom. The van der Waals surface area contributed by atoms with Crippen LogP contribution >= 0.6 is 24.0 Å². The lowest BCUT2D eigenvalue weighted by atomic mass is 9.82. The van der Waals surface area contributed by atoms with E-state index < -0.39 is 0 Å². The maximum absolute atomic E-state index is 6.99. The van der Waals surface area contributed by atoms with Crippen LogP contribution in [0.25, 0.3) is 0 Å². The van der Waals surface area contributed by atoms with Gasteiger partial charge in [0, 0.05) is 5.54 Å². The Bertz CT molecular complexity index is 259. The van der Waals surface area contributed by atoms with Crippen molar-refractivity contribution < 1.29 is 0 Å². The van der Waals surface area contributed by atoms with Crippen LogP contribution in [0.5, 0.6) is 0 Å². The van der Waals surface area contributed by atoms with Crippen molar-refractivity contribution in [3.8, 4) is 0 Å². The highest BCUT2D eigenvalue weighted by Gasteiger charge is 2.23. The van der Waals surface area contributed by atoms with Crippen LogP contribution in [-0.2, 0) is 0 Å². The van der Waals surface area contributed by atoms with E-state index in [9.17, 15) is 0 Å². The van der Waals surface area contributed by atoms with Gasteiger partial charge in [-0.15, -0.1) is 24.0 Å². The van der Waals surface area contributed by atoms with Gasteiger partial charge in [-0.2, -0.15) is 0 Å². The fourth-order valence-corrected chi connectivity index (χ4v) is 4.68. The van der Waals surface area contributed by atoms with Crippen LogP contribution < -0.4 is 5.73 Å². The van der Waals surface area contributed by atoms with E-state index in [1.165, 1.54) is 154 Å². The van der Waals surface area contributed by atoms with Crippen molar-refractivity contribution in [3.05, 3.63) is 0 Å². The number of hydrogen-bond acceptors (Lipinski definition) is 1. The van der Waals surface area contributed by atoms with Crippen LogP contribution in [0.3, 0.4) is 0 Å². The minimum absolute atomic E-state index is 0. The van der Waals surface area contributed by atoms with E-state index in [0.717, 1.165) is 0 Å². The largest absolute Gasteiger partial charge is 0.325 e. The van der Waals surface area contributed by atoms with Gasteiger partial charge in [-0.25, -0.2) is 0 Å². The molecule has 0 aliphatic carbocycles. The molecule has 0 saturated carbocycles. The van der Waals surface area contributed by atoms with Gasteiger partial charge in [-0.3, -0.25) is 0 Å². The first-order valence-electron chi connectivity index (χ1n) is 14.0. The molecule has 1 nitrogen and oxygen atoms in total. The number of nitrogens with two attached hydrogens (primary N) is 1. The molecule has 30 heavy (non-hydrogen) atoms. The molecule has 0 saturated heterocycles. The molecule has 0 rings (SSSR count). The molecule has 184 valence electrons. The highest BCUT2D eigenvalue weighted by molar-refractivity contribution is 14.0. The molecule has 0 aliphatic rings. The van der Waals surface area contributed by atoms with Gasteiger partial charge in [0.15, 0.2) is 0 Å². The monoisotopic (exact) mass is 537 g/mol. The van der Waals surface area contributed by atoms with Crippen LogP contribution in [0.4, 0.5) is 0 Å². The van der Waals surface area contributed by atoms with Gasteiger partial charge in [0.05, 0.1) is 0 Å². The fraction of sp³-hybridized carbons (Fsp3) is 1.00. The van der Waals surface area contributed by atoms with Crippen molar-refractivity contribution in [1.82, 2.24) is 0 Å². The van der Waals surface area contributed by atoms with Crippen LogP contribution in [0.2, 0.25) is 0 Å². The lowest BCUT2D eigenvalue weighted by Crippen LogP contribution is -2.39. The summed E-state index contributed by atoms with van der Waals surface area (Å²) in [5.74, 6) is 0. The van der Waals surface area contributed by atoms with Gasteiger partial charge in [0.1, 0.15) is 0 Å². The number of hydrogen-bond donors (Lipinski definition) is 1. The number of rotatable bonds is 24. The maximum Gasteiger partial charge on any atom is 0.0154 e. The zero-order chi connectivity index (χ0) is 21.5. The predicted octanol–water partition coefficient (Wildman–Crippen LogP) is 10.7. The Labute approximate surface area is 209 Å².